The lowest BCUT2D eigenvalue weighted by Crippen LogP contribution is -2.30. The van der Waals surface area contributed by atoms with E-state index in [0.717, 1.165) is 0 Å². The minimum atomic E-state index is -0.504. The molecule has 0 saturated heterocycles. The number of carbonyl (C=O) groups excluding carboxylic acids is 1. The van der Waals surface area contributed by atoms with E-state index in [2.05, 4.69) is 10.1 Å². The molecule has 6 heteroatoms. The molecule has 1 atom stereocenters. The van der Waals surface area contributed by atoms with Gasteiger partial charge >= 0.3 is 5.97 Å². The van der Waals surface area contributed by atoms with Gasteiger partial charge in [0.1, 0.15) is 6.04 Å². The zero-order chi connectivity index (χ0) is 13.7. The zero-order valence-corrected chi connectivity index (χ0v) is 10.6. The van der Waals surface area contributed by atoms with Crippen molar-refractivity contribution >= 4 is 17.3 Å². The van der Waals surface area contributed by atoms with Crippen LogP contribution in [-0.4, -0.2) is 24.0 Å². The van der Waals surface area contributed by atoms with Gasteiger partial charge in [-0.15, -0.1) is 0 Å². The summed E-state index contributed by atoms with van der Waals surface area (Å²) in [6, 6.07) is 4.21. The van der Waals surface area contributed by atoms with E-state index in [4.69, 9.17) is 0 Å². The van der Waals surface area contributed by atoms with Crippen molar-refractivity contribution in [3.8, 4) is 0 Å². The lowest BCUT2D eigenvalue weighted by Gasteiger charge is -2.17. The minimum absolute atomic E-state index is 0.0275. The molecule has 0 bridgehead atoms. The summed E-state index contributed by atoms with van der Waals surface area (Å²) in [5.41, 5.74) is 1.10. The first-order valence-corrected chi connectivity index (χ1v) is 5.59. The molecule has 0 heterocycles. The molecule has 1 aromatic carbocycles. The van der Waals surface area contributed by atoms with E-state index in [0.29, 0.717) is 17.7 Å². The second-order valence-corrected chi connectivity index (χ2v) is 3.84. The highest BCUT2D eigenvalue weighted by Crippen LogP contribution is 2.25. The Labute approximate surface area is 105 Å². The van der Waals surface area contributed by atoms with Gasteiger partial charge in [-0.25, -0.2) is 4.79 Å². The van der Waals surface area contributed by atoms with Crippen molar-refractivity contribution in [2.24, 2.45) is 0 Å². The number of carbonyl (C=O) groups is 1. The number of nitro groups is 1. The van der Waals surface area contributed by atoms with E-state index in [9.17, 15) is 14.9 Å². The van der Waals surface area contributed by atoms with Gasteiger partial charge < -0.3 is 10.1 Å². The maximum atomic E-state index is 11.5. The zero-order valence-electron chi connectivity index (χ0n) is 10.6. The minimum Gasteiger partial charge on any atom is -0.467 e. The van der Waals surface area contributed by atoms with Gasteiger partial charge in [-0.2, -0.15) is 0 Å². The van der Waals surface area contributed by atoms with Gasteiger partial charge in [-0.1, -0.05) is 13.0 Å². The molecule has 18 heavy (non-hydrogen) atoms. The maximum Gasteiger partial charge on any atom is 0.328 e. The third kappa shape index (κ3) is 2.97. The van der Waals surface area contributed by atoms with E-state index in [-0.39, 0.29) is 11.7 Å². The molecular weight excluding hydrogens is 236 g/mol. The molecule has 98 valence electrons. The normalized spacial score (nSPS) is 11.7. The van der Waals surface area contributed by atoms with Crippen LogP contribution in [0.15, 0.2) is 18.2 Å². The van der Waals surface area contributed by atoms with Crippen LogP contribution in [-0.2, 0) is 9.53 Å². The Kier molecular flexibility index (Phi) is 4.65. The molecule has 0 saturated carbocycles. The Balaban J connectivity index is 3.00. The molecule has 0 aliphatic heterocycles. The standard InChI is InChI=1S/C12H16N2O4/c1-4-9(12(15)18-3)13-10-6-5-7-11(8(10)2)14(16)17/h5-7,9,13H,4H2,1-3H3. The molecule has 1 rings (SSSR count). The van der Waals surface area contributed by atoms with E-state index < -0.39 is 11.0 Å². The number of hydrogen-bond acceptors (Lipinski definition) is 5. The number of nitrogens with zero attached hydrogens (tertiary/aromatic N) is 1. The van der Waals surface area contributed by atoms with Crippen LogP contribution in [0.2, 0.25) is 0 Å². The summed E-state index contributed by atoms with van der Waals surface area (Å²) in [6.45, 7) is 3.48. The van der Waals surface area contributed by atoms with Crippen LogP contribution in [0.25, 0.3) is 0 Å². The van der Waals surface area contributed by atoms with Crippen LogP contribution in [0.5, 0.6) is 0 Å². The van der Waals surface area contributed by atoms with Gasteiger partial charge in [-0.3, -0.25) is 10.1 Å². The molecule has 0 fully saturated rings. The van der Waals surface area contributed by atoms with Crippen molar-refractivity contribution < 1.29 is 14.5 Å². The number of nitro benzene ring substituents is 1. The molecular formula is C12H16N2O4. The van der Waals surface area contributed by atoms with Gasteiger partial charge in [0, 0.05) is 17.3 Å². The number of anilines is 1. The molecule has 0 radical (unpaired) electrons. The summed E-state index contributed by atoms with van der Waals surface area (Å²) in [4.78, 5) is 21.8. The van der Waals surface area contributed by atoms with Crippen molar-refractivity contribution in [2.75, 3.05) is 12.4 Å². The first-order valence-electron chi connectivity index (χ1n) is 5.59. The van der Waals surface area contributed by atoms with E-state index >= 15 is 0 Å². The summed E-state index contributed by atoms with van der Waals surface area (Å²) >= 11 is 0. The maximum absolute atomic E-state index is 11.5. The van der Waals surface area contributed by atoms with Crippen LogP contribution in [0, 0.1) is 17.0 Å². The Morgan fingerprint density at radius 3 is 2.72 bits per heavy atom. The second kappa shape index (κ2) is 6.00. The fraction of sp³-hybridized carbons (Fsp3) is 0.417. The molecule has 0 aromatic heterocycles. The first kappa shape index (κ1) is 14.0. The van der Waals surface area contributed by atoms with Crippen molar-refractivity contribution in [3.63, 3.8) is 0 Å². The van der Waals surface area contributed by atoms with E-state index in [1.165, 1.54) is 13.2 Å². The van der Waals surface area contributed by atoms with Crippen LogP contribution >= 0.6 is 0 Å². The van der Waals surface area contributed by atoms with Gasteiger partial charge in [0.05, 0.1) is 12.0 Å². The van der Waals surface area contributed by atoms with Crippen molar-refractivity contribution in [3.05, 3.63) is 33.9 Å². The summed E-state index contributed by atoms with van der Waals surface area (Å²) in [6.07, 6.45) is 0.537. The largest absolute Gasteiger partial charge is 0.467 e. The molecule has 1 aromatic rings. The number of rotatable bonds is 5. The Hall–Kier alpha value is -2.11. The van der Waals surface area contributed by atoms with Crippen molar-refractivity contribution in [1.82, 2.24) is 0 Å². The SMILES string of the molecule is CCC(Nc1cccc([N+](=O)[O-])c1C)C(=O)OC. The third-order valence-corrected chi connectivity index (χ3v) is 2.73. The quantitative estimate of drug-likeness (QED) is 0.494. The summed E-state index contributed by atoms with van der Waals surface area (Å²) in [5.74, 6) is -0.386. The monoisotopic (exact) mass is 252 g/mol. The summed E-state index contributed by atoms with van der Waals surface area (Å²) in [7, 11) is 1.31. The van der Waals surface area contributed by atoms with Crippen LogP contribution < -0.4 is 5.32 Å². The highest BCUT2D eigenvalue weighted by atomic mass is 16.6. The van der Waals surface area contributed by atoms with Gasteiger partial charge in [0.25, 0.3) is 5.69 Å². The predicted molar refractivity (Wildman–Crippen MR) is 67.6 cm³/mol. The average molecular weight is 252 g/mol. The molecule has 0 spiro atoms. The first-order chi connectivity index (χ1) is 8.51. The van der Waals surface area contributed by atoms with Crippen molar-refractivity contribution in [2.45, 2.75) is 26.3 Å². The lowest BCUT2D eigenvalue weighted by molar-refractivity contribution is -0.385. The summed E-state index contributed by atoms with van der Waals surface area (Å²) < 4.78 is 4.66. The predicted octanol–water partition coefficient (Wildman–Crippen LogP) is 2.27. The van der Waals surface area contributed by atoms with Crippen LogP contribution in [0.3, 0.4) is 0 Å². The molecule has 0 amide bonds. The fourth-order valence-corrected chi connectivity index (χ4v) is 1.64. The summed E-state index contributed by atoms with van der Waals surface area (Å²) in [5, 5.41) is 13.8. The number of hydrogen-bond donors (Lipinski definition) is 1. The third-order valence-electron chi connectivity index (χ3n) is 2.73. The van der Waals surface area contributed by atoms with E-state index in [1.54, 1.807) is 19.1 Å². The smallest absolute Gasteiger partial charge is 0.328 e. The molecule has 6 nitrogen and oxygen atoms in total. The van der Waals surface area contributed by atoms with Crippen LogP contribution in [0.1, 0.15) is 18.9 Å². The highest BCUT2D eigenvalue weighted by molar-refractivity contribution is 5.80. The van der Waals surface area contributed by atoms with Gasteiger partial charge in [0.2, 0.25) is 0 Å². The number of nitrogens with one attached hydrogen (secondary N) is 1. The topological polar surface area (TPSA) is 81.5 Å². The van der Waals surface area contributed by atoms with Gasteiger partial charge in [-0.05, 0) is 19.4 Å². The Morgan fingerprint density at radius 2 is 2.22 bits per heavy atom. The molecule has 0 aliphatic rings. The Bertz CT molecular complexity index is 459. The number of ether oxygens (including phenoxy) is 1. The number of methoxy groups -OCH3 is 1. The second-order valence-electron chi connectivity index (χ2n) is 3.84. The molecule has 1 unspecified atom stereocenters. The number of esters is 1. The van der Waals surface area contributed by atoms with Crippen LogP contribution in [0.4, 0.5) is 11.4 Å². The molecule has 0 aliphatic carbocycles. The Morgan fingerprint density at radius 1 is 1.56 bits per heavy atom. The lowest BCUT2D eigenvalue weighted by atomic mass is 10.1. The van der Waals surface area contributed by atoms with Crippen molar-refractivity contribution in [1.29, 1.82) is 0 Å². The fourth-order valence-electron chi connectivity index (χ4n) is 1.64. The number of benzene rings is 1. The van der Waals surface area contributed by atoms with E-state index in [1.807, 2.05) is 6.92 Å². The average Bonchev–Trinajstić information content (AvgIpc) is 2.36. The van der Waals surface area contributed by atoms with Gasteiger partial charge in [0.15, 0.2) is 0 Å². The molecule has 1 N–H and O–H groups in total. The highest BCUT2D eigenvalue weighted by Gasteiger charge is 2.20.